The zero-order valence-corrected chi connectivity index (χ0v) is 20.4. The number of hydrogen-bond acceptors (Lipinski definition) is 2. The Bertz CT molecular complexity index is 699. The van der Waals surface area contributed by atoms with Crippen LogP contribution in [0.5, 0.6) is 0 Å². The van der Waals surface area contributed by atoms with Crippen LogP contribution in [0.3, 0.4) is 0 Å². The van der Waals surface area contributed by atoms with E-state index in [-0.39, 0.29) is 11.7 Å². The molecule has 2 heteroatoms. The normalized spacial score (nSPS) is 54.3. The Morgan fingerprint density at radius 1 is 0.933 bits per heavy atom. The van der Waals surface area contributed by atoms with Gasteiger partial charge in [-0.15, -0.1) is 0 Å². The van der Waals surface area contributed by atoms with Crippen LogP contribution in [0.15, 0.2) is 12.2 Å². The maximum atomic E-state index is 10.4. The Kier molecular flexibility index (Phi) is 5.07. The zero-order chi connectivity index (χ0) is 21.5. The highest BCUT2D eigenvalue weighted by molar-refractivity contribution is 5.24. The van der Waals surface area contributed by atoms with E-state index in [0.29, 0.717) is 28.8 Å². The summed E-state index contributed by atoms with van der Waals surface area (Å²) < 4.78 is 6.51. The van der Waals surface area contributed by atoms with Gasteiger partial charge in [0.1, 0.15) is 5.60 Å². The Hall–Kier alpha value is -0.340. The molecule has 1 heterocycles. The first-order valence-electron chi connectivity index (χ1n) is 13.2. The standard InChI is InChI=1S/C28H46O2/c1-17(2)18(3)7-8-19(4)22-9-10-23-21-15-25-28(30-25)16-20(29)11-14-27(28,6)24(21)12-13-26(22,23)5/h7-8,17-25,29H,9-16H2,1-6H3/b8-7+/t18?,19-,20+,21?,22?,23?,24?,25-,26-,27-,28-/m1/s1. The summed E-state index contributed by atoms with van der Waals surface area (Å²) in [5, 5.41) is 10.4. The van der Waals surface area contributed by atoms with Gasteiger partial charge >= 0.3 is 0 Å². The summed E-state index contributed by atoms with van der Waals surface area (Å²) in [6.07, 6.45) is 15.3. The van der Waals surface area contributed by atoms with Crippen LogP contribution >= 0.6 is 0 Å². The quantitative estimate of drug-likeness (QED) is 0.414. The van der Waals surface area contributed by atoms with Crippen molar-refractivity contribution in [3.05, 3.63) is 12.2 Å². The number of ether oxygens (including phenoxy) is 1. The Balaban J connectivity index is 1.36. The van der Waals surface area contributed by atoms with E-state index in [0.717, 1.165) is 42.4 Å². The van der Waals surface area contributed by atoms with Gasteiger partial charge in [0.25, 0.3) is 0 Å². The van der Waals surface area contributed by atoms with Gasteiger partial charge in [0, 0.05) is 11.8 Å². The van der Waals surface area contributed by atoms with Gasteiger partial charge in [-0.1, -0.05) is 53.7 Å². The molecule has 1 saturated heterocycles. The molecule has 4 aliphatic carbocycles. The summed E-state index contributed by atoms with van der Waals surface area (Å²) in [6.45, 7) is 14.7. The number of hydrogen-bond donors (Lipinski definition) is 1. The number of aliphatic hydroxyl groups excluding tert-OH is 1. The van der Waals surface area contributed by atoms with Crippen molar-refractivity contribution in [2.75, 3.05) is 0 Å². The first-order valence-corrected chi connectivity index (χ1v) is 13.2. The molecule has 0 amide bonds. The van der Waals surface area contributed by atoms with Crippen molar-refractivity contribution < 1.29 is 9.84 Å². The Morgan fingerprint density at radius 3 is 2.43 bits per heavy atom. The summed E-state index contributed by atoms with van der Waals surface area (Å²) in [6, 6.07) is 0. The molecule has 0 radical (unpaired) electrons. The number of rotatable bonds is 4. The van der Waals surface area contributed by atoms with Crippen molar-refractivity contribution in [3.63, 3.8) is 0 Å². The van der Waals surface area contributed by atoms with Crippen molar-refractivity contribution in [3.8, 4) is 0 Å². The maximum Gasteiger partial charge on any atom is 0.103 e. The molecule has 170 valence electrons. The third kappa shape index (κ3) is 2.88. The number of fused-ring (bicyclic) bond motifs is 4. The molecule has 5 unspecified atom stereocenters. The van der Waals surface area contributed by atoms with Gasteiger partial charge in [-0.2, -0.15) is 0 Å². The summed E-state index contributed by atoms with van der Waals surface area (Å²) in [7, 11) is 0. The molecule has 0 aromatic carbocycles. The molecule has 11 atom stereocenters. The van der Waals surface area contributed by atoms with Crippen molar-refractivity contribution in [1.82, 2.24) is 0 Å². The van der Waals surface area contributed by atoms with Gasteiger partial charge in [-0.05, 0) is 91.8 Å². The molecule has 5 fully saturated rings. The van der Waals surface area contributed by atoms with Gasteiger partial charge in [-0.3, -0.25) is 0 Å². The van der Waals surface area contributed by atoms with E-state index in [9.17, 15) is 5.11 Å². The van der Waals surface area contributed by atoms with E-state index < -0.39 is 0 Å². The summed E-state index contributed by atoms with van der Waals surface area (Å²) in [5.74, 6) is 5.48. The fraction of sp³-hybridized carbons (Fsp3) is 0.929. The van der Waals surface area contributed by atoms with Gasteiger partial charge in [0.2, 0.25) is 0 Å². The molecule has 0 bridgehead atoms. The van der Waals surface area contributed by atoms with Gasteiger partial charge in [0.05, 0.1) is 12.2 Å². The van der Waals surface area contributed by atoms with E-state index in [4.69, 9.17) is 4.74 Å². The Morgan fingerprint density at radius 2 is 1.70 bits per heavy atom. The molecule has 5 rings (SSSR count). The monoisotopic (exact) mass is 414 g/mol. The average molecular weight is 415 g/mol. The van der Waals surface area contributed by atoms with Crippen LogP contribution in [-0.4, -0.2) is 22.9 Å². The SMILES string of the molecule is CC(C)C(C)/C=C/[C@@H](C)C1CCC2C3C[C@H]4O[C@]45C[C@@H](O)CC[C@]5(C)C3CC[C@@]21C. The van der Waals surface area contributed by atoms with E-state index in [1.165, 1.54) is 38.5 Å². The highest BCUT2D eigenvalue weighted by Gasteiger charge is 2.76. The minimum atomic E-state index is -0.134. The first kappa shape index (κ1) is 21.5. The van der Waals surface area contributed by atoms with Crippen LogP contribution in [0.4, 0.5) is 0 Å². The summed E-state index contributed by atoms with van der Waals surface area (Å²) >= 11 is 0. The van der Waals surface area contributed by atoms with Crippen LogP contribution in [0, 0.1) is 52.3 Å². The Labute approximate surface area is 185 Å². The number of epoxide rings is 1. The minimum Gasteiger partial charge on any atom is -0.393 e. The first-order chi connectivity index (χ1) is 14.1. The number of allylic oxidation sites excluding steroid dienone is 2. The second-order valence-electron chi connectivity index (χ2n) is 13.0. The van der Waals surface area contributed by atoms with E-state index >= 15 is 0 Å². The zero-order valence-electron chi connectivity index (χ0n) is 20.4. The van der Waals surface area contributed by atoms with Crippen LogP contribution in [-0.2, 0) is 4.74 Å². The summed E-state index contributed by atoms with van der Waals surface area (Å²) in [5.41, 5.74) is 0.837. The molecular weight excluding hydrogens is 368 g/mol. The smallest absolute Gasteiger partial charge is 0.103 e. The van der Waals surface area contributed by atoms with E-state index in [1.54, 1.807) is 0 Å². The molecule has 1 N–H and O–H groups in total. The molecule has 1 aliphatic heterocycles. The molecule has 0 aromatic heterocycles. The highest BCUT2D eigenvalue weighted by Crippen LogP contribution is 2.74. The fourth-order valence-corrected chi connectivity index (χ4v) is 9.27. The maximum absolute atomic E-state index is 10.4. The number of aliphatic hydroxyl groups is 1. The predicted octanol–water partition coefficient (Wildman–Crippen LogP) is 6.62. The van der Waals surface area contributed by atoms with E-state index in [2.05, 4.69) is 53.7 Å². The van der Waals surface area contributed by atoms with Gasteiger partial charge < -0.3 is 9.84 Å². The lowest BCUT2D eigenvalue weighted by molar-refractivity contribution is -0.115. The molecule has 4 saturated carbocycles. The highest BCUT2D eigenvalue weighted by atomic mass is 16.6. The molecule has 30 heavy (non-hydrogen) atoms. The molecule has 2 nitrogen and oxygen atoms in total. The van der Waals surface area contributed by atoms with Crippen LogP contribution in [0.25, 0.3) is 0 Å². The molecular formula is C28H46O2. The second-order valence-corrected chi connectivity index (χ2v) is 13.0. The second kappa shape index (κ2) is 7.08. The van der Waals surface area contributed by atoms with Gasteiger partial charge in [0.15, 0.2) is 0 Å². The third-order valence-corrected chi connectivity index (χ3v) is 11.5. The lowest BCUT2D eigenvalue weighted by Crippen LogP contribution is -2.58. The molecule has 0 aromatic rings. The largest absolute Gasteiger partial charge is 0.393 e. The minimum absolute atomic E-state index is 0.0284. The van der Waals surface area contributed by atoms with Crippen molar-refractivity contribution in [2.24, 2.45) is 52.3 Å². The molecule has 5 aliphatic rings. The van der Waals surface area contributed by atoms with Crippen LogP contribution in [0.1, 0.15) is 92.9 Å². The lowest BCUT2D eigenvalue weighted by Gasteiger charge is -2.59. The van der Waals surface area contributed by atoms with Crippen LogP contribution in [0.2, 0.25) is 0 Å². The topological polar surface area (TPSA) is 32.8 Å². The van der Waals surface area contributed by atoms with Crippen molar-refractivity contribution >= 4 is 0 Å². The van der Waals surface area contributed by atoms with Crippen molar-refractivity contribution in [2.45, 2.75) is 111 Å². The predicted molar refractivity (Wildman–Crippen MR) is 123 cm³/mol. The van der Waals surface area contributed by atoms with E-state index in [1.807, 2.05) is 0 Å². The lowest BCUT2D eigenvalue weighted by atomic mass is 9.44. The van der Waals surface area contributed by atoms with Crippen LogP contribution < -0.4 is 0 Å². The van der Waals surface area contributed by atoms with Crippen molar-refractivity contribution in [1.29, 1.82) is 0 Å². The summed E-state index contributed by atoms with van der Waals surface area (Å²) in [4.78, 5) is 0. The average Bonchev–Trinajstić information content (AvgIpc) is 3.27. The van der Waals surface area contributed by atoms with Gasteiger partial charge in [-0.25, -0.2) is 0 Å². The molecule has 1 spiro atoms. The fourth-order valence-electron chi connectivity index (χ4n) is 9.27. The third-order valence-electron chi connectivity index (χ3n) is 11.5.